The Kier molecular flexibility index (Phi) is 8.32. The molecule has 0 fully saturated rings. The van der Waals surface area contributed by atoms with Crippen molar-refractivity contribution in [2.75, 3.05) is 0 Å². The van der Waals surface area contributed by atoms with E-state index in [1.54, 1.807) is 12.1 Å². The van der Waals surface area contributed by atoms with E-state index in [4.69, 9.17) is 0 Å². The Morgan fingerprint density at radius 1 is 0.386 bits per heavy atom. The topological polar surface area (TPSA) is 142 Å². The fourth-order valence-electron chi connectivity index (χ4n) is 5.80. The zero-order chi connectivity index (χ0) is 31.7. The van der Waals surface area contributed by atoms with Crippen molar-refractivity contribution in [2.24, 2.45) is 0 Å². The van der Waals surface area contributed by atoms with Crippen LogP contribution in [-0.2, 0) is 25.7 Å². The summed E-state index contributed by atoms with van der Waals surface area (Å²) in [5.74, 6) is 0.247. The third-order valence-electron chi connectivity index (χ3n) is 7.98. The zero-order valence-corrected chi connectivity index (χ0v) is 24.9. The van der Waals surface area contributed by atoms with E-state index < -0.39 is 0 Å². The molecular weight excluding hydrogens is 556 g/mol. The van der Waals surface area contributed by atoms with Crippen molar-refractivity contribution in [1.29, 1.82) is 0 Å². The molecule has 0 saturated heterocycles. The fourth-order valence-corrected chi connectivity index (χ4v) is 5.80. The van der Waals surface area contributed by atoms with Crippen molar-refractivity contribution in [1.82, 2.24) is 0 Å². The quantitative estimate of drug-likeness (QED) is 0.104. The molecule has 5 rings (SSSR count). The summed E-state index contributed by atoms with van der Waals surface area (Å²) < 4.78 is 0. The lowest BCUT2D eigenvalue weighted by atomic mass is 9.91. The minimum Gasteiger partial charge on any atom is -0.508 e. The second-order valence-corrected chi connectivity index (χ2v) is 11.6. The summed E-state index contributed by atoms with van der Waals surface area (Å²) >= 11 is 0. The van der Waals surface area contributed by atoms with Gasteiger partial charge in [0.2, 0.25) is 0 Å². The molecule has 0 atom stereocenters. The first-order valence-electron chi connectivity index (χ1n) is 14.3. The van der Waals surface area contributed by atoms with Gasteiger partial charge in [0.05, 0.1) is 0 Å². The van der Waals surface area contributed by atoms with E-state index >= 15 is 0 Å². The summed E-state index contributed by atoms with van der Waals surface area (Å²) in [7, 11) is 0. The summed E-state index contributed by atoms with van der Waals surface area (Å²) in [5.41, 5.74) is 7.95. The molecule has 7 heteroatoms. The van der Waals surface area contributed by atoms with E-state index in [2.05, 4.69) is 0 Å². The first-order valence-corrected chi connectivity index (χ1v) is 14.3. The lowest BCUT2D eigenvalue weighted by Crippen LogP contribution is -2.00. The normalized spacial score (nSPS) is 11.2. The SMILES string of the molecule is Cc1cc(Cc2cc(C)c(O)c(Cc3ccc(O)cc3O)c2)c(O)c(Cc2cc(C)c(O)c(Cc3ccc(O)cc3O)c2)c1. The highest BCUT2D eigenvalue weighted by Gasteiger charge is 2.16. The van der Waals surface area contributed by atoms with Crippen molar-refractivity contribution in [3.8, 4) is 40.2 Å². The second kappa shape index (κ2) is 12.1. The predicted octanol–water partition coefficient (Wildman–Crippen LogP) is 6.91. The molecule has 0 aliphatic rings. The van der Waals surface area contributed by atoms with Gasteiger partial charge in [0.15, 0.2) is 0 Å². The molecule has 0 radical (unpaired) electrons. The van der Waals surface area contributed by atoms with Gasteiger partial charge in [0.1, 0.15) is 40.2 Å². The Morgan fingerprint density at radius 3 is 1.16 bits per heavy atom. The highest BCUT2D eigenvalue weighted by Crippen LogP contribution is 2.35. The number of hydrogen-bond acceptors (Lipinski definition) is 7. The molecule has 0 unspecified atom stereocenters. The van der Waals surface area contributed by atoms with E-state index in [0.717, 1.165) is 27.8 Å². The van der Waals surface area contributed by atoms with Crippen molar-refractivity contribution in [3.63, 3.8) is 0 Å². The van der Waals surface area contributed by atoms with Crippen molar-refractivity contribution in [3.05, 3.63) is 134 Å². The van der Waals surface area contributed by atoms with E-state index in [9.17, 15) is 35.7 Å². The van der Waals surface area contributed by atoms with Crippen LogP contribution in [0.4, 0.5) is 0 Å². The monoisotopic (exact) mass is 592 g/mol. The van der Waals surface area contributed by atoms with Crippen molar-refractivity contribution >= 4 is 0 Å². The van der Waals surface area contributed by atoms with Gasteiger partial charge in [-0.2, -0.15) is 0 Å². The first-order chi connectivity index (χ1) is 20.9. The Labute approximate surface area is 256 Å². The lowest BCUT2D eigenvalue weighted by Gasteiger charge is -2.16. The van der Waals surface area contributed by atoms with Gasteiger partial charge < -0.3 is 35.7 Å². The highest BCUT2D eigenvalue weighted by atomic mass is 16.3. The number of aryl methyl sites for hydroxylation is 3. The van der Waals surface area contributed by atoms with E-state index in [-0.39, 0.29) is 53.1 Å². The molecule has 5 aromatic rings. The second-order valence-electron chi connectivity index (χ2n) is 11.6. The van der Waals surface area contributed by atoms with E-state index in [0.29, 0.717) is 46.2 Å². The molecule has 0 saturated carbocycles. The molecule has 226 valence electrons. The number of benzene rings is 5. The summed E-state index contributed by atoms with van der Waals surface area (Å²) in [6.45, 7) is 5.58. The van der Waals surface area contributed by atoms with Crippen LogP contribution in [0.25, 0.3) is 0 Å². The van der Waals surface area contributed by atoms with Gasteiger partial charge in [0.25, 0.3) is 0 Å². The zero-order valence-electron chi connectivity index (χ0n) is 24.9. The maximum absolute atomic E-state index is 11.4. The molecule has 0 aliphatic heterocycles. The smallest absolute Gasteiger partial charge is 0.122 e. The third-order valence-corrected chi connectivity index (χ3v) is 7.98. The summed E-state index contributed by atoms with van der Waals surface area (Å²) in [6, 6.07) is 20.1. The van der Waals surface area contributed by atoms with Crippen LogP contribution in [-0.4, -0.2) is 35.7 Å². The molecule has 0 aromatic heterocycles. The maximum atomic E-state index is 11.4. The van der Waals surface area contributed by atoms with Gasteiger partial charge in [-0.3, -0.25) is 0 Å². The Balaban J connectivity index is 1.43. The predicted molar refractivity (Wildman–Crippen MR) is 169 cm³/mol. The van der Waals surface area contributed by atoms with E-state index in [1.165, 1.54) is 24.3 Å². The first kappa shape index (κ1) is 30.2. The summed E-state index contributed by atoms with van der Waals surface area (Å²) in [4.78, 5) is 0. The number of hydrogen-bond donors (Lipinski definition) is 7. The Hall–Kier alpha value is -5.30. The van der Waals surface area contributed by atoms with Crippen LogP contribution in [0.15, 0.2) is 72.8 Å². The fraction of sp³-hybridized carbons (Fsp3) is 0.189. The van der Waals surface area contributed by atoms with Crippen LogP contribution in [0.5, 0.6) is 40.2 Å². The Morgan fingerprint density at radius 2 is 0.773 bits per heavy atom. The third kappa shape index (κ3) is 6.52. The van der Waals surface area contributed by atoms with Crippen LogP contribution >= 0.6 is 0 Å². The minimum absolute atomic E-state index is 0.0403. The maximum Gasteiger partial charge on any atom is 0.122 e. The van der Waals surface area contributed by atoms with E-state index in [1.807, 2.05) is 57.2 Å². The minimum atomic E-state index is -0.0547. The molecule has 0 spiro atoms. The molecule has 44 heavy (non-hydrogen) atoms. The van der Waals surface area contributed by atoms with Crippen molar-refractivity contribution in [2.45, 2.75) is 46.5 Å². The van der Waals surface area contributed by atoms with Crippen LogP contribution in [0.3, 0.4) is 0 Å². The molecule has 7 nitrogen and oxygen atoms in total. The van der Waals surface area contributed by atoms with Gasteiger partial charge in [0, 0.05) is 37.8 Å². The highest BCUT2D eigenvalue weighted by molar-refractivity contribution is 5.54. The molecule has 0 heterocycles. The number of aromatic hydroxyl groups is 7. The van der Waals surface area contributed by atoms with Crippen LogP contribution in [0.1, 0.15) is 61.2 Å². The molecular formula is C37H36O7. The average Bonchev–Trinajstić information content (AvgIpc) is 2.95. The van der Waals surface area contributed by atoms with Gasteiger partial charge in [-0.1, -0.05) is 54.1 Å². The largest absolute Gasteiger partial charge is 0.508 e. The lowest BCUT2D eigenvalue weighted by molar-refractivity contribution is 0.444. The molecule has 0 bridgehead atoms. The van der Waals surface area contributed by atoms with Crippen molar-refractivity contribution < 1.29 is 35.7 Å². The number of rotatable bonds is 8. The van der Waals surface area contributed by atoms with Gasteiger partial charge in [-0.15, -0.1) is 0 Å². The molecule has 7 N–H and O–H groups in total. The standard InChI is InChI=1S/C37H36O7/c1-20-8-27(12-23-10-21(2)35(42)29(14-23)16-25-4-6-31(38)18-33(25)40)37(44)28(9-20)13-24-11-22(3)36(43)30(15-24)17-26-5-7-32(39)19-34(26)41/h4-11,14-15,18-19,38-44H,12-13,16-17H2,1-3H3. The van der Waals surface area contributed by atoms with Crippen LogP contribution in [0, 0.1) is 20.8 Å². The average molecular weight is 593 g/mol. The van der Waals surface area contributed by atoms with Gasteiger partial charge in [-0.25, -0.2) is 0 Å². The van der Waals surface area contributed by atoms with Gasteiger partial charge in [-0.05, 0) is 88.5 Å². The molecule has 0 aliphatic carbocycles. The molecule has 0 amide bonds. The van der Waals surface area contributed by atoms with Crippen LogP contribution in [0.2, 0.25) is 0 Å². The molecule has 5 aromatic carbocycles. The van der Waals surface area contributed by atoms with Crippen LogP contribution < -0.4 is 0 Å². The summed E-state index contributed by atoms with van der Waals surface area (Å²) in [5, 5.41) is 72.7. The number of phenols is 7. The van der Waals surface area contributed by atoms with Gasteiger partial charge >= 0.3 is 0 Å². The Bertz CT molecular complexity index is 1740. The summed E-state index contributed by atoms with van der Waals surface area (Å²) in [6.07, 6.45) is 1.36. The number of phenolic OH excluding ortho intramolecular Hbond substituents is 7.